The molecule has 1 N–H and O–H groups in total. The lowest BCUT2D eigenvalue weighted by atomic mass is 10.1. The van der Waals surface area contributed by atoms with Gasteiger partial charge in [0.2, 0.25) is 5.12 Å². The average Bonchev–Trinajstić information content (AvgIpc) is 2.83. The van der Waals surface area contributed by atoms with Crippen molar-refractivity contribution in [2.45, 2.75) is 44.0 Å². The number of amides is 1. The summed E-state index contributed by atoms with van der Waals surface area (Å²) >= 11 is 1.14. The highest BCUT2D eigenvalue weighted by molar-refractivity contribution is 8.14. The number of nitrogens with zero attached hydrogens (tertiary/aromatic N) is 2. The van der Waals surface area contributed by atoms with Gasteiger partial charge in [0.1, 0.15) is 5.82 Å². The van der Waals surface area contributed by atoms with Crippen LogP contribution in [0.15, 0.2) is 59.1 Å². The molecule has 2 aromatic rings. The summed E-state index contributed by atoms with van der Waals surface area (Å²) in [5.74, 6) is -0.409. The van der Waals surface area contributed by atoms with E-state index in [1.165, 1.54) is 31.4 Å². The number of piperidine rings is 1. The molecular formula is C26H30FN3O2S. The lowest BCUT2D eigenvalue weighted by Gasteiger charge is -2.32. The second-order valence-corrected chi connectivity index (χ2v) is 9.49. The van der Waals surface area contributed by atoms with Crippen LogP contribution >= 0.6 is 11.8 Å². The predicted molar refractivity (Wildman–Crippen MR) is 131 cm³/mol. The molecular weight excluding hydrogens is 437 g/mol. The summed E-state index contributed by atoms with van der Waals surface area (Å²) in [7, 11) is 0. The van der Waals surface area contributed by atoms with Gasteiger partial charge in [-0.2, -0.15) is 0 Å². The Morgan fingerprint density at radius 2 is 1.88 bits per heavy atom. The second kappa shape index (κ2) is 11.0. The van der Waals surface area contributed by atoms with Crippen molar-refractivity contribution in [1.82, 2.24) is 10.2 Å². The number of fused-ring (bicyclic) bond motifs is 1. The van der Waals surface area contributed by atoms with Crippen molar-refractivity contribution in [3.8, 4) is 0 Å². The van der Waals surface area contributed by atoms with Crippen LogP contribution in [-0.4, -0.2) is 42.1 Å². The molecule has 33 heavy (non-hydrogen) atoms. The summed E-state index contributed by atoms with van der Waals surface area (Å²) in [6, 6.07) is 11.8. The maximum atomic E-state index is 13.3. The van der Waals surface area contributed by atoms with Crippen LogP contribution in [0.5, 0.6) is 0 Å². The number of rotatable bonds is 7. The molecule has 0 aromatic heterocycles. The smallest absolute Gasteiger partial charge is 0.251 e. The van der Waals surface area contributed by atoms with Crippen molar-refractivity contribution in [2.75, 3.05) is 31.1 Å². The first-order valence-electron chi connectivity index (χ1n) is 11.6. The van der Waals surface area contributed by atoms with Crippen LogP contribution in [0.3, 0.4) is 0 Å². The number of halogens is 1. The van der Waals surface area contributed by atoms with Gasteiger partial charge >= 0.3 is 0 Å². The Balaban J connectivity index is 1.43. The van der Waals surface area contributed by atoms with E-state index in [4.69, 9.17) is 0 Å². The predicted octanol–water partition coefficient (Wildman–Crippen LogP) is 4.97. The minimum absolute atomic E-state index is 0.0637. The van der Waals surface area contributed by atoms with Crippen LogP contribution in [-0.2, 0) is 11.3 Å². The summed E-state index contributed by atoms with van der Waals surface area (Å²) < 4.78 is 13.3. The summed E-state index contributed by atoms with van der Waals surface area (Å²) in [4.78, 5) is 30.6. The van der Waals surface area contributed by atoms with Crippen LogP contribution in [0.25, 0.3) is 0 Å². The van der Waals surface area contributed by atoms with Crippen LogP contribution < -0.4 is 10.2 Å². The van der Waals surface area contributed by atoms with E-state index in [2.05, 4.69) is 10.2 Å². The number of carbonyl (C=O) groups is 2. The molecule has 0 unspecified atom stereocenters. The van der Waals surface area contributed by atoms with Gasteiger partial charge in [0.05, 0.1) is 11.4 Å². The standard InChI is InChI=1S/C26H30FN3O2S/c1-2-22-26(32)33-24-17-20(25(31)28-13-6-16-29-14-4-3-5-15-29)9-12-23(24)30(22)18-19-7-10-21(27)11-8-19/h2,7-12,17H,3-6,13-16,18H2,1H3,(H,28,31)/b22-2-. The molecule has 0 aliphatic carbocycles. The molecule has 2 aliphatic rings. The number of allylic oxidation sites excluding steroid dienone is 1. The Bertz CT molecular complexity index is 1030. The minimum atomic E-state index is -0.290. The largest absolute Gasteiger partial charge is 0.352 e. The Hall–Kier alpha value is -2.64. The Morgan fingerprint density at radius 3 is 2.61 bits per heavy atom. The molecule has 2 aromatic carbocycles. The fourth-order valence-corrected chi connectivity index (χ4v) is 5.36. The van der Waals surface area contributed by atoms with Crippen molar-refractivity contribution in [3.05, 3.63) is 71.2 Å². The summed E-state index contributed by atoms with van der Waals surface area (Å²) in [6.07, 6.45) is 6.59. The van der Waals surface area contributed by atoms with Gasteiger partial charge in [-0.25, -0.2) is 4.39 Å². The first-order chi connectivity index (χ1) is 16.0. The highest BCUT2D eigenvalue weighted by Crippen LogP contribution is 2.41. The van der Waals surface area contributed by atoms with E-state index >= 15 is 0 Å². The number of hydrogen-bond donors (Lipinski definition) is 1. The topological polar surface area (TPSA) is 52.7 Å². The number of thioether (sulfide) groups is 1. The van der Waals surface area contributed by atoms with Gasteiger partial charge in [0.25, 0.3) is 5.91 Å². The summed E-state index contributed by atoms with van der Waals surface area (Å²) in [5, 5.41) is 2.95. The number of nitrogens with one attached hydrogen (secondary N) is 1. The van der Waals surface area contributed by atoms with Crippen LogP contribution in [0.2, 0.25) is 0 Å². The molecule has 0 radical (unpaired) electrons. The van der Waals surface area contributed by atoms with Crippen molar-refractivity contribution in [1.29, 1.82) is 0 Å². The van der Waals surface area contributed by atoms with Gasteiger partial charge in [-0.1, -0.05) is 24.6 Å². The van der Waals surface area contributed by atoms with Crippen LogP contribution in [0.1, 0.15) is 48.5 Å². The van der Waals surface area contributed by atoms with E-state index < -0.39 is 0 Å². The molecule has 4 rings (SSSR count). The van der Waals surface area contributed by atoms with Crippen molar-refractivity contribution >= 4 is 28.5 Å². The van der Waals surface area contributed by atoms with Gasteiger partial charge in [0.15, 0.2) is 0 Å². The molecule has 0 atom stereocenters. The number of hydrogen-bond acceptors (Lipinski definition) is 5. The summed E-state index contributed by atoms with van der Waals surface area (Å²) in [5.41, 5.74) is 2.92. The third kappa shape index (κ3) is 5.84. The van der Waals surface area contributed by atoms with E-state index in [-0.39, 0.29) is 16.8 Å². The zero-order valence-corrected chi connectivity index (χ0v) is 19.8. The van der Waals surface area contributed by atoms with E-state index in [0.29, 0.717) is 24.4 Å². The fourth-order valence-electron chi connectivity index (χ4n) is 4.36. The molecule has 1 amide bonds. The lowest BCUT2D eigenvalue weighted by Crippen LogP contribution is -2.33. The maximum Gasteiger partial charge on any atom is 0.251 e. The first-order valence-corrected chi connectivity index (χ1v) is 12.4. The molecule has 1 saturated heterocycles. The van der Waals surface area contributed by atoms with E-state index in [1.54, 1.807) is 30.3 Å². The maximum absolute atomic E-state index is 13.3. The van der Waals surface area contributed by atoms with Crippen LogP contribution in [0.4, 0.5) is 10.1 Å². The minimum Gasteiger partial charge on any atom is -0.352 e. The number of benzene rings is 2. The third-order valence-electron chi connectivity index (χ3n) is 6.13. The van der Waals surface area contributed by atoms with E-state index in [0.717, 1.165) is 54.0 Å². The highest BCUT2D eigenvalue weighted by Gasteiger charge is 2.29. The zero-order valence-electron chi connectivity index (χ0n) is 19.0. The van der Waals surface area contributed by atoms with Gasteiger partial charge in [-0.05, 0) is 93.5 Å². The molecule has 2 heterocycles. The molecule has 0 spiro atoms. The molecule has 2 aliphatic heterocycles. The van der Waals surface area contributed by atoms with Gasteiger partial charge < -0.3 is 15.1 Å². The van der Waals surface area contributed by atoms with Crippen LogP contribution in [0, 0.1) is 5.82 Å². The van der Waals surface area contributed by atoms with Gasteiger partial charge in [-0.3, -0.25) is 9.59 Å². The van der Waals surface area contributed by atoms with E-state index in [9.17, 15) is 14.0 Å². The quantitative estimate of drug-likeness (QED) is 0.460. The van der Waals surface area contributed by atoms with Crippen molar-refractivity contribution in [3.63, 3.8) is 0 Å². The third-order valence-corrected chi connectivity index (χ3v) is 7.07. The molecule has 1 fully saturated rings. The second-order valence-electron chi connectivity index (χ2n) is 8.47. The number of likely N-dealkylation sites (tertiary alicyclic amines) is 1. The fraction of sp³-hybridized carbons (Fsp3) is 0.385. The van der Waals surface area contributed by atoms with Crippen molar-refractivity contribution < 1.29 is 14.0 Å². The van der Waals surface area contributed by atoms with E-state index in [1.807, 2.05) is 17.9 Å². The van der Waals surface area contributed by atoms with Gasteiger partial charge in [-0.15, -0.1) is 0 Å². The first kappa shape index (κ1) is 23.5. The average molecular weight is 468 g/mol. The van der Waals surface area contributed by atoms with Crippen molar-refractivity contribution in [2.24, 2.45) is 0 Å². The lowest BCUT2D eigenvalue weighted by molar-refractivity contribution is -0.108. The summed E-state index contributed by atoms with van der Waals surface area (Å²) in [6.45, 7) is 6.25. The Kier molecular flexibility index (Phi) is 7.83. The number of anilines is 1. The highest BCUT2D eigenvalue weighted by atomic mass is 32.2. The Morgan fingerprint density at radius 1 is 1.12 bits per heavy atom. The monoisotopic (exact) mass is 467 g/mol. The molecule has 0 saturated carbocycles. The molecule has 7 heteroatoms. The molecule has 174 valence electrons. The molecule has 0 bridgehead atoms. The SMILES string of the molecule is C/C=C1/C(=O)Sc2cc(C(=O)NCCCN3CCCCC3)ccc2N1Cc1ccc(F)cc1. The normalized spacial score (nSPS) is 17.8. The molecule has 5 nitrogen and oxygen atoms in total. The number of carbonyl (C=O) groups excluding carboxylic acids is 2. The zero-order chi connectivity index (χ0) is 23.2. The van der Waals surface area contributed by atoms with Gasteiger partial charge in [0, 0.05) is 23.5 Å². The Labute approximate surface area is 199 Å².